The molecule has 0 spiro atoms. The molecule has 0 aromatic carbocycles. The molecule has 6 atom stereocenters. The Morgan fingerprint density at radius 2 is 0.875 bits per heavy atom. The van der Waals surface area contributed by atoms with Crippen molar-refractivity contribution in [3.05, 3.63) is 24.3 Å². The van der Waals surface area contributed by atoms with Crippen molar-refractivity contribution in [2.75, 3.05) is 0 Å². The Morgan fingerprint density at radius 3 is 1.25 bits per heavy atom. The van der Waals surface area contributed by atoms with E-state index in [1.165, 1.54) is 0 Å². The van der Waals surface area contributed by atoms with E-state index in [1.807, 2.05) is 0 Å². The number of unbranched alkanes of at least 4 members (excludes halogenated alkanes) is 15. The fourth-order valence-electron chi connectivity index (χ4n) is 7.77. The van der Waals surface area contributed by atoms with Gasteiger partial charge in [0.1, 0.15) is 0 Å². The van der Waals surface area contributed by atoms with Crippen LogP contribution in [0.5, 0.6) is 0 Å². The number of carboxylic acid groups (broad SMARTS) is 2. The van der Waals surface area contributed by atoms with Crippen molar-refractivity contribution in [3.63, 3.8) is 0 Å². The molecule has 0 aromatic heterocycles. The van der Waals surface area contributed by atoms with E-state index in [4.69, 9.17) is 24.4 Å². The molecule has 2 N–H and O–H groups in total. The van der Waals surface area contributed by atoms with Gasteiger partial charge >= 0.3 is 35.8 Å². The molecule has 2 saturated heterocycles. The predicted molar refractivity (Wildman–Crippen MR) is 214 cm³/mol. The first kappa shape index (κ1) is 48.8. The number of rotatable bonds is 35. The minimum Gasteiger partial charge on any atom is -0.481 e. The molecule has 2 aliphatic rings. The highest BCUT2D eigenvalue weighted by atomic mass is 16.6. The average Bonchev–Trinajstić information content (AvgIpc) is 3.68. The molecule has 0 bridgehead atoms. The van der Waals surface area contributed by atoms with Gasteiger partial charge in [0.15, 0.2) is 0 Å². The number of ether oxygens (including phenoxy) is 3. The van der Waals surface area contributed by atoms with Crippen molar-refractivity contribution < 1.29 is 53.2 Å². The quantitative estimate of drug-likeness (QED) is 0.0271. The van der Waals surface area contributed by atoms with Crippen LogP contribution in [0.15, 0.2) is 24.3 Å². The van der Waals surface area contributed by atoms with Crippen LogP contribution in [-0.4, -0.2) is 58.2 Å². The van der Waals surface area contributed by atoms with Crippen molar-refractivity contribution in [1.82, 2.24) is 0 Å². The van der Waals surface area contributed by atoms with Crippen molar-refractivity contribution in [2.24, 2.45) is 23.7 Å². The molecule has 2 heterocycles. The first-order valence-electron chi connectivity index (χ1n) is 22.0. The van der Waals surface area contributed by atoms with Crippen LogP contribution in [0.3, 0.4) is 0 Å². The van der Waals surface area contributed by atoms with Crippen LogP contribution in [0.1, 0.15) is 187 Å². The summed E-state index contributed by atoms with van der Waals surface area (Å²) in [5.41, 5.74) is 0. The van der Waals surface area contributed by atoms with E-state index in [0.29, 0.717) is 12.8 Å². The Bertz CT molecular complexity index is 1240. The zero-order valence-corrected chi connectivity index (χ0v) is 34.4. The lowest BCUT2D eigenvalue weighted by Crippen LogP contribution is -2.23. The highest BCUT2D eigenvalue weighted by molar-refractivity contribution is 5.95. The third kappa shape index (κ3) is 21.8. The third-order valence-electron chi connectivity index (χ3n) is 11.1. The Labute approximate surface area is 335 Å². The van der Waals surface area contributed by atoms with Crippen LogP contribution in [0.4, 0.5) is 0 Å². The lowest BCUT2D eigenvalue weighted by Gasteiger charge is -2.24. The Kier molecular flexibility index (Phi) is 26.0. The second-order valence-corrected chi connectivity index (χ2v) is 16.0. The topological polar surface area (TPSA) is 171 Å². The normalized spacial score (nSPS) is 19.5. The van der Waals surface area contributed by atoms with E-state index in [-0.39, 0.29) is 49.7 Å². The third-order valence-corrected chi connectivity index (χ3v) is 11.1. The summed E-state index contributed by atoms with van der Waals surface area (Å²) in [6.07, 6.45) is 29.3. The average molecular weight is 789 g/mol. The molecule has 2 fully saturated rings. The van der Waals surface area contributed by atoms with Crippen molar-refractivity contribution in [3.8, 4) is 0 Å². The molecule has 2 rings (SSSR count). The molecule has 318 valence electrons. The van der Waals surface area contributed by atoms with Gasteiger partial charge in [-0.2, -0.15) is 0 Å². The number of aliphatic carboxylic acids is 2. The zero-order chi connectivity index (χ0) is 41.0. The molecule has 6 unspecified atom stereocenters. The van der Waals surface area contributed by atoms with Crippen LogP contribution in [0.25, 0.3) is 0 Å². The van der Waals surface area contributed by atoms with E-state index < -0.39 is 47.7 Å². The predicted octanol–water partition coefficient (Wildman–Crippen LogP) is 10.2. The maximum Gasteiger partial charge on any atom is 0.317 e. The van der Waals surface area contributed by atoms with Gasteiger partial charge in [-0.25, -0.2) is 0 Å². The summed E-state index contributed by atoms with van der Waals surface area (Å²) in [5, 5.41) is 17.9. The van der Waals surface area contributed by atoms with Gasteiger partial charge in [0.2, 0.25) is 0 Å². The number of hydrogen-bond donors (Lipinski definition) is 2. The maximum absolute atomic E-state index is 12.7. The first-order chi connectivity index (χ1) is 27.0. The van der Waals surface area contributed by atoms with Gasteiger partial charge in [0.25, 0.3) is 0 Å². The number of allylic oxidation sites excluding steroid dienone is 2. The van der Waals surface area contributed by atoms with Gasteiger partial charge in [-0.1, -0.05) is 147 Å². The number of carboxylic acids is 2. The van der Waals surface area contributed by atoms with Crippen molar-refractivity contribution in [1.29, 1.82) is 0 Å². The Hall–Kier alpha value is -3.34. The van der Waals surface area contributed by atoms with Gasteiger partial charge in [0.05, 0.1) is 36.9 Å². The summed E-state index contributed by atoms with van der Waals surface area (Å²) in [7, 11) is 0. The van der Waals surface area contributed by atoms with E-state index in [1.54, 1.807) is 0 Å². The van der Waals surface area contributed by atoms with Crippen LogP contribution in [0, 0.1) is 23.7 Å². The van der Waals surface area contributed by atoms with Gasteiger partial charge in [-0.3, -0.25) is 28.8 Å². The summed E-state index contributed by atoms with van der Waals surface area (Å²) in [6, 6.07) is 0. The fraction of sp³-hybridized carbons (Fsp3) is 0.778. The van der Waals surface area contributed by atoms with Gasteiger partial charge in [0, 0.05) is 12.8 Å². The highest BCUT2D eigenvalue weighted by Crippen LogP contribution is 2.32. The van der Waals surface area contributed by atoms with Crippen LogP contribution in [0.2, 0.25) is 0 Å². The fourth-order valence-corrected chi connectivity index (χ4v) is 7.77. The van der Waals surface area contributed by atoms with Gasteiger partial charge in [-0.15, -0.1) is 0 Å². The SMILES string of the molecule is CCCCCCC(/C=C/C(CCCCCCCCC(=O)O)OC(/C=C/C(CCCCC)C1CC(=O)OC1=O)CCCCCCCCC(=O)O)C1CC(=O)OC1=O. The molecule has 56 heavy (non-hydrogen) atoms. The smallest absolute Gasteiger partial charge is 0.317 e. The van der Waals surface area contributed by atoms with E-state index in [0.717, 1.165) is 135 Å². The molecule has 0 radical (unpaired) electrons. The standard InChI is InChI=1S/C45H72O11/c1-3-5-7-17-23-35(39-33-43(51)56-45(39)53)29-31-37(25-19-13-9-11-15-21-27-41(48)49)54-36(24-18-12-8-10-14-20-26-40(46)47)30-28-34(22-16-6-4-2)38-32-42(50)55-44(38)52/h28-31,34-39H,3-27,32-33H2,1-2H3,(H,46,47)(H,48,49)/b30-28+,31-29+. The van der Waals surface area contributed by atoms with Crippen molar-refractivity contribution >= 4 is 35.8 Å². The Morgan fingerprint density at radius 1 is 0.536 bits per heavy atom. The molecule has 0 aliphatic carbocycles. The summed E-state index contributed by atoms with van der Waals surface area (Å²) < 4.78 is 16.8. The maximum atomic E-state index is 12.7. The minimum absolute atomic E-state index is 0.0841. The van der Waals surface area contributed by atoms with Gasteiger partial charge in [-0.05, 0) is 50.4 Å². The van der Waals surface area contributed by atoms with Gasteiger partial charge < -0.3 is 24.4 Å². The second-order valence-electron chi connectivity index (χ2n) is 16.0. The monoisotopic (exact) mass is 789 g/mol. The highest BCUT2D eigenvalue weighted by Gasteiger charge is 2.39. The number of carbonyl (C=O) groups excluding carboxylic acids is 4. The zero-order valence-electron chi connectivity index (χ0n) is 34.4. The lowest BCUT2D eigenvalue weighted by atomic mass is 9.85. The summed E-state index contributed by atoms with van der Waals surface area (Å²) in [6.45, 7) is 4.28. The largest absolute Gasteiger partial charge is 0.481 e. The molecule has 0 amide bonds. The molecule has 0 aromatic rings. The summed E-state index contributed by atoms with van der Waals surface area (Å²) in [5.74, 6) is -4.69. The summed E-state index contributed by atoms with van der Waals surface area (Å²) >= 11 is 0. The van der Waals surface area contributed by atoms with E-state index in [9.17, 15) is 28.8 Å². The second kappa shape index (κ2) is 29.8. The number of hydrogen-bond acceptors (Lipinski definition) is 9. The van der Waals surface area contributed by atoms with Crippen LogP contribution in [-0.2, 0) is 43.0 Å². The number of esters is 4. The lowest BCUT2D eigenvalue weighted by molar-refractivity contribution is -0.155. The first-order valence-corrected chi connectivity index (χ1v) is 22.0. The molecular weight excluding hydrogens is 716 g/mol. The minimum atomic E-state index is -0.765. The van der Waals surface area contributed by atoms with E-state index >= 15 is 0 Å². The van der Waals surface area contributed by atoms with Crippen LogP contribution < -0.4 is 0 Å². The molecule has 2 aliphatic heterocycles. The molecule has 11 heteroatoms. The van der Waals surface area contributed by atoms with Crippen LogP contribution >= 0.6 is 0 Å². The molecular formula is C45H72O11. The summed E-state index contributed by atoms with van der Waals surface area (Å²) in [4.78, 5) is 71.3. The number of cyclic esters (lactones) is 4. The Balaban J connectivity index is 2.28. The molecule has 0 saturated carbocycles. The molecule has 11 nitrogen and oxygen atoms in total. The van der Waals surface area contributed by atoms with E-state index in [2.05, 4.69) is 38.2 Å². The number of carbonyl (C=O) groups is 6. The van der Waals surface area contributed by atoms with Crippen molar-refractivity contribution in [2.45, 2.75) is 199 Å².